The van der Waals surface area contributed by atoms with E-state index < -0.39 is 0 Å². The molecule has 7 aromatic carbocycles. The van der Waals surface area contributed by atoms with E-state index in [2.05, 4.69) is 183 Å². The van der Waals surface area contributed by atoms with E-state index in [1.807, 2.05) is 12.3 Å². The van der Waals surface area contributed by atoms with Gasteiger partial charge < -0.3 is 4.98 Å². The Bertz CT molecular complexity index is 2620. The molecule has 0 aliphatic rings. The van der Waals surface area contributed by atoms with Gasteiger partial charge in [-0.1, -0.05) is 109 Å². The quantitative estimate of drug-likeness (QED) is 0.190. The van der Waals surface area contributed by atoms with Crippen molar-refractivity contribution in [1.29, 1.82) is 0 Å². The molecule has 9 rings (SSSR count). The Labute approximate surface area is 298 Å². The first kappa shape index (κ1) is 30.5. The number of aromatic nitrogens is 2. The Morgan fingerprint density at radius 3 is 1.61 bits per heavy atom. The monoisotopic (exact) mass is 652 g/mol. The Kier molecular flexibility index (Phi) is 7.63. The predicted octanol–water partition coefficient (Wildman–Crippen LogP) is 13.3. The largest absolute Gasteiger partial charge is 0.354 e. The van der Waals surface area contributed by atoms with Crippen LogP contribution >= 0.6 is 0 Å². The Balaban J connectivity index is 1.28. The molecule has 2 aromatic heterocycles. The van der Waals surface area contributed by atoms with E-state index in [0.29, 0.717) is 0 Å². The predicted molar refractivity (Wildman–Crippen MR) is 216 cm³/mol. The number of pyridine rings is 1. The van der Waals surface area contributed by atoms with Crippen molar-refractivity contribution in [2.45, 2.75) is 13.8 Å². The summed E-state index contributed by atoms with van der Waals surface area (Å²) in [4.78, 5) is 8.59. The maximum absolute atomic E-state index is 4.73. The first-order valence-corrected chi connectivity index (χ1v) is 17.5. The molecule has 0 aliphatic heterocycles. The first-order valence-electron chi connectivity index (χ1n) is 17.5. The van der Waals surface area contributed by atoms with Gasteiger partial charge >= 0.3 is 0 Å². The molecule has 0 saturated carbocycles. The average molecular weight is 653 g/mol. The molecule has 0 bridgehead atoms. The summed E-state index contributed by atoms with van der Waals surface area (Å²) < 4.78 is 0. The summed E-state index contributed by atoms with van der Waals surface area (Å²) in [6, 6.07) is 61.3. The van der Waals surface area contributed by atoms with Crippen molar-refractivity contribution in [3.8, 4) is 66.9 Å². The smallest absolute Gasteiger partial charge is 0.0702 e. The molecule has 0 radical (unpaired) electrons. The fourth-order valence-corrected chi connectivity index (χ4v) is 7.54. The number of aryl methyl sites for hydroxylation is 2. The molecule has 2 heterocycles. The molecule has 0 aliphatic carbocycles. The summed E-state index contributed by atoms with van der Waals surface area (Å²) in [6.45, 7) is 4.47. The van der Waals surface area contributed by atoms with Crippen LogP contribution in [0, 0.1) is 13.8 Å². The minimum atomic E-state index is 0.965. The van der Waals surface area contributed by atoms with Crippen LogP contribution in [0.5, 0.6) is 0 Å². The maximum atomic E-state index is 4.73. The first-order chi connectivity index (χ1) is 25.1. The molecular formula is C49H36N2. The number of H-pyrrole nitrogens is 1. The van der Waals surface area contributed by atoms with E-state index in [4.69, 9.17) is 4.98 Å². The number of nitrogens with zero attached hydrogens (tertiary/aromatic N) is 1. The van der Waals surface area contributed by atoms with E-state index in [9.17, 15) is 0 Å². The van der Waals surface area contributed by atoms with E-state index in [0.717, 1.165) is 22.3 Å². The zero-order valence-electron chi connectivity index (χ0n) is 28.7. The molecule has 2 heteroatoms. The van der Waals surface area contributed by atoms with Gasteiger partial charge in [-0.2, -0.15) is 0 Å². The van der Waals surface area contributed by atoms with Gasteiger partial charge in [-0.3, -0.25) is 4.98 Å². The van der Waals surface area contributed by atoms with Gasteiger partial charge in [0.2, 0.25) is 0 Å². The van der Waals surface area contributed by atoms with Gasteiger partial charge in [0.15, 0.2) is 0 Å². The summed E-state index contributed by atoms with van der Waals surface area (Å²) >= 11 is 0. The van der Waals surface area contributed by atoms with Crippen LogP contribution in [0.3, 0.4) is 0 Å². The van der Waals surface area contributed by atoms with Crippen molar-refractivity contribution < 1.29 is 0 Å². The van der Waals surface area contributed by atoms with Crippen molar-refractivity contribution in [3.63, 3.8) is 0 Å². The third kappa shape index (κ3) is 5.71. The lowest BCUT2D eigenvalue weighted by Gasteiger charge is -2.17. The number of hydrogen-bond donors (Lipinski definition) is 1. The third-order valence-corrected chi connectivity index (χ3v) is 10.1. The van der Waals surface area contributed by atoms with Crippen LogP contribution in [0.4, 0.5) is 0 Å². The summed E-state index contributed by atoms with van der Waals surface area (Å²) in [5.74, 6) is 0. The molecule has 2 nitrogen and oxygen atoms in total. The molecule has 0 amide bonds. The van der Waals surface area contributed by atoms with Gasteiger partial charge in [0, 0.05) is 33.6 Å². The van der Waals surface area contributed by atoms with E-state index in [-0.39, 0.29) is 0 Å². The van der Waals surface area contributed by atoms with Crippen LogP contribution in [0.1, 0.15) is 11.1 Å². The second kappa shape index (κ2) is 12.7. The highest BCUT2D eigenvalue weighted by atomic mass is 14.7. The summed E-state index contributed by atoms with van der Waals surface area (Å²) in [7, 11) is 0. The second-order valence-corrected chi connectivity index (χ2v) is 13.4. The van der Waals surface area contributed by atoms with Crippen LogP contribution in [0.15, 0.2) is 176 Å². The topological polar surface area (TPSA) is 28.7 Å². The zero-order valence-corrected chi connectivity index (χ0v) is 28.7. The summed E-state index contributed by atoms with van der Waals surface area (Å²) in [6.07, 6.45) is 1.87. The number of nitrogens with one attached hydrogen (secondary N) is 1. The van der Waals surface area contributed by atoms with Crippen molar-refractivity contribution in [2.24, 2.45) is 0 Å². The summed E-state index contributed by atoms with van der Waals surface area (Å²) in [5, 5.41) is 2.45. The Hall–Kier alpha value is -6.51. The lowest BCUT2D eigenvalue weighted by Crippen LogP contribution is -1.93. The molecule has 0 atom stereocenters. The standard InChI is InChI=1S/C49H36N2/c1-32-24-33(2)43(31-42(32)40-25-38(35-16-8-4-9-17-35)26-41(27-40)47-20-12-13-23-50-47)45-29-39(36-18-10-5-11-19-36)30-46-44-28-37(34-14-6-3-7-15-34)21-22-48(44)51-49(45)46/h3-31,51H,1-2H3. The minimum absolute atomic E-state index is 0.965. The molecule has 0 saturated heterocycles. The van der Waals surface area contributed by atoms with Gasteiger partial charge in [0.25, 0.3) is 0 Å². The second-order valence-electron chi connectivity index (χ2n) is 13.4. The SMILES string of the molecule is Cc1cc(C)c(-c2cc(-c3ccccc3)cc3c2[nH]c2ccc(-c4ccccc4)cc23)cc1-c1cc(-c2ccccc2)cc(-c2ccccn2)c1. The van der Waals surface area contributed by atoms with Gasteiger partial charge in [-0.05, 0) is 136 Å². The number of benzene rings is 7. The van der Waals surface area contributed by atoms with Gasteiger partial charge in [0.1, 0.15) is 0 Å². The molecule has 1 N–H and O–H groups in total. The maximum Gasteiger partial charge on any atom is 0.0702 e. The Morgan fingerprint density at radius 1 is 0.373 bits per heavy atom. The fourth-order valence-electron chi connectivity index (χ4n) is 7.54. The molecule has 0 spiro atoms. The van der Waals surface area contributed by atoms with Gasteiger partial charge in [0.05, 0.1) is 11.2 Å². The van der Waals surface area contributed by atoms with Crippen LogP contribution < -0.4 is 0 Å². The van der Waals surface area contributed by atoms with E-state index >= 15 is 0 Å². The van der Waals surface area contributed by atoms with Crippen molar-refractivity contribution in [1.82, 2.24) is 9.97 Å². The highest BCUT2D eigenvalue weighted by Crippen LogP contribution is 2.42. The minimum Gasteiger partial charge on any atom is -0.354 e. The Morgan fingerprint density at radius 2 is 0.941 bits per heavy atom. The van der Waals surface area contributed by atoms with E-state index in [1.165, 1.54) is 77.5 Å². The van der Waals surface area contributed by atoms with Crippen LogP contribution in [0.25, 0.3) is 88.7 Å². The van der Waals surface area contributed by atoms with Crippen LogP contribution in [0.2, 0.25) is 0 Å². The van der Waals surface area contributed by atoms with Crippen molar-refractivity contribution >= 4 is 21.8 Å². The van der Waals surface area contributed by atoms with Crippen molar-refractivity contribution in [3.05, 3.63) is 187 Å². The molecule has 0 fully saturated rings. The number of rotatable bonds is 6. The molecule has 0 unspecified atom stereocenters. The highest BCUT2D eigenvalue weighted by molar-refractivity contribution is 6.14. The molecular weight excluding hydrogens is 617 g/mol. The normalized spacial score (nSPS) is 11.3. The molecule has 242 valence electrons. The third-order valence-electron chi connectivity index (χ3n) is 10.1. The zero-order chi connectivity index (χ0) is 34.3. The fraction of sp³-hybridized carbons (Fsp3) is 0.0408. The van der Waals surface area contributed by atoms with Crippen molar-refractivity contribution in [2.75, 3.05) is 0 Å². The van der Waals surface area contributed by atoms with E-state index in [1.54, 1.807) is 0 Å². The number of hydrogen-bond acceptors (Lipinski definition) is 1. The highest BCUT2D eigenvalue weighted by Gasteiger charge is 2.18. The lowest BCUT2D eigenvalue weighted by atomic mass is 9.87. The van der Waals surface area contributed by atoms with Gasteiger partial charge in [-0.15, -0.1) is 0 Å². The molecule has 51 heavy (non-hydrogen) atoms. The van der Waals surface area contributed by atoms with Crippen LogP contribution in [-0.4, -0.2) is 9.97 Å². The number of fused-ring (bicyclic) bond motifs is 3. The molecule has 9 aromatic rings. The van der Waals surface area contributed by atoms with Crippen LogP contribution in [-0.2, 0) is 0 Å². The lowest BCUT2D eigenvalue weighted by molar-refractivity contribution is 1.32. The average Bonchev–Trinajstić information content (AvgIpc) is 3.57. The number of aromatic amines is 1. The summed E-state index contributed by atoms with van der Waals surface area (Å²) in [5.41, 5.74) is 18.9. The van der Waals surface area contributed by atoms with Gasteiger partial charge in [-0.25, -0.2) is 0 Å².